The summed E-state index contributed by atoms with van der Waals surface area (Å²) in [5.41, 5.74) is 1.27. The first kappa shape index (κ1) is 19.8. The summed E-state index contributed by atoms with van der Waals surface area (Å²) in [6.07, 6.45) is 3.10. The number of carbonyl (C=O) groups is 2. The normalized spacial score (nSPS) is 14.6. The summed E-state index contributed by atoms with van der Waals surface area (Å²) < 4.78 is 1.71. The van der Waals surface area contributed by atoms with Gasteiger partial charge in [-0.15, -0.1) is 0 Å². The predicted octanol–water partition coefficient (Wildman–Crippen LogP) is 2.21. The zero-order valence-electron chi connectivity index (χ0n) is 16.7. The topological polar surface area (TPSA) is 84.3 Å². The first-order valence-corrected chi connectivity index (χ1v) is 10.2. The van der Waals surface area contributed by atoms with Gasteiger partial charge in [-0.25, -0.2) is 0 Å². The lowest BCUT2D eigenvalue weighted by Gasteiger charge is -2.32. The van der Waals surface area contributed by atoms with Gasteiger partial charge >= 0.3 is 0 Å². The van der Waals surface area contributed by atoms with Gasteiger partial charge in [-0.05, 0) is 37.1 Å². The molecule has 0 bridgehead atoms. The molecule has 1 aromatic heterocycles. The Bertz CT molecular complexity index is 1100. The van der Waals surface area contributed by atoms with Gasteiger partial charge in [0.25, 0.3) is 5.91 Å². The fourth-order valence-corrected chi connectivity index (χ4v) is 3.83. The van der Waals surface area contributed by atoms with E-state index in [-0.39, 0.29) is 23.3 Å². The molecule has 0 unspecified atom stereocenters. The van der Waals surface area contributed by atoms with Gasteiger partial charge in [0.1, 0.15) is 0 Å². The lowest BCUT2D eigenvalue weighted by molar-refractivity contribution is -0.132. The number of fused-ring (bicyclic) bond motifs is 1. The van der Waals surface area contributed by atoms with Crippen LogP contribution in [0.25, 0.3) is 10.9 Å². The van der Waals surface area contributed by atoms with Crippen LogP contribution in [0.1, 0.15) is 29.6 Å². The second-order valence-corrected chi connectivity index (χ2v) is 7.49. The fourth-order valence-electron chi connectivity index (χ4n) is 3.83. The number of hydrogen-bond acceptors (Lipinski definition) is 4. The summed E-state index contributed by atoms with van der Waals surface area (Å²) in [5.74, 6) is -0.0102. The van der Waals surface area contributed by atoms with Crippen LogP contribution >= 0.6 is 0 Å². The molecule has 0 atom stereocenters. The third kappa shape index (κ3) is 4.40. The first-order valence-electron chi connectivity index (χ1n) is 10.2. The average Bonchev–Trinajstić information content (AvgIpc) is 2.80. The Labute approximate surface area is 174 Å². The van der Waals surface area contributed by atoms with E-state index in [1.54, 1.807) is 22.9 Å². The molecule has 1 N–H and O–H groups in total. The smallest absolute Gasteiger partial charge is 0.251 e. The number of aromatic nitrogens is 2. The summed E-state index contributed by atoms with van der Waals surface area (Å²) in [7, 11) is 0. The molecule has 1 aliphatic rings. The van der Waals surface area contributed by atoms with Crippen molar-refractivity contribution in [3.8, 4) is 0 Å². The second-order valence-electron chi connectivity index (χ2n) is 7.49. The Balaban J connectivity index is 1.30. The van der Waals surface area contributed by atoms with Gasteiger partial charge in [0.05, 0.1) is 18.3 Å². The molecule has 2 aromatic carbocycles. The Kier molecular flexibility index (Phi) is 5.88. The van der Waals surface area contributed by atoms with E-state index in [0.717, 1.165) is 18.4 Å². The number of nitrogens with one attached hydrogen (secondary N) is 1. The van der Waals surface area contributed by atoms with E-state index in [0.29, 0.717) is 37.0 Å². The molecule has 2 heterocycles. The largest absolute Gasteiger partial charge is 0.349 e. The minimum absolute atomic E-state index is 0.0624. The lowest BCUT2D eigenvalue weighted by atomic mass is 10.0. The molecule has 7 heteroatoms. The number of benzene rings is 2. The molecular weight excluding hydrogens is 380 g/mol. The number of rotatable bonds is 5. The van der Waals surface area contributed by atoms with Crippen molar-refractivity contribution in [1.82, 2.24) is 20.0 Å². The summed E-state index contributed by atoms with van der Waals surface area (Å²) in [5, 5.41) is 7.85. The van der Waals surface area contributed by atoms with Crippen molar-refractivity contribution in [2.45, 2.75) is 31.8 Å². The van der Waals surface area contributed by atoms with Crippen LogP contribution in [0.4, 0.5) is 0 Å². The minimum Gasteiger partial charge on any atom is -0.349 e. The number of piperidine rings is 1. The minimum atomic E-state index is -0.118. The van der Waals surface area contributed by atoms with Crippen molar-refractivity contribution in [2.75, 3.05) is 13.1 Å². The molecule has 1 saturated heterocycles. The Morgan fingerprint density at radius 1 is 1.00 bits per heavy atom. The molecule has 1 aliphatic heterocycles. The quantitative estimate of drug-likeness (QED) is 0.707. The number of para-hydroxylation sites is 1. The van der Waals surface area contributed by atoms with Crippen molar-refractivity contribution >= 4 is 22.7 Å². The van der Waals surface area contributed by atoms with Crippen LogP contribution in [0.2, 0.25) is 0 Å². The number of nitrogens with zero attached hydrogens (tertiary/aromatic N) is 3. The number of likely N-dealkylation sites (tertiary alicyclic amines) is 1. The molecule has 0 spiro atoms. The Morgan fingerprint density at radius 2 is 1.70 bits per heavy atom. The molecule has 3 aromatic rings. The van der Waals surface area contributed by atoms with Crippen molar-refractivity contribution in [2.24, 2.45) is 0 Å². The molecule has 4 rings (SSSR count). The summed E-state index contributed by atoms with van der Waals surface area (Å²) >= 11 is 0. The maximum atomic E-state index is 12.7. The Hall–Kier alpha value is -3.48. The number of amides is 2. The van der Waals surface area contributed by atoms with E-state index in [9.17, 15) is 14.4 Å². The Morgan fingerprint density at radius 3 is 2.47 bits per heavy atom. The zero-order valence-corrected chi connectivity index (χ0v) is 16.7. The predicted molar refractivity (Wildman–Crippen MR) is 114 cm³/mol. The van der Waals surface area contributed by atoms with Crippen molar-refractivity contribution in [3.05, 3.63) is 76.6 Å². The van der Waals surface area contributed by atoms with Crippen LogP contribution in [-0.4, -0.2) is 45.6 Å². The number of carbonyl (C=O) groups excluding carboxylic acids is 2. The van der Waals surface area contributed by atoms with Gasteiger partial charge in [-0.2, -0.15) is 5.10 Å². The van der Waals surface area contributed by atoms with E-state index >= 15 is 0 Å². The maximum Gasteiger partial charge on any atom is 0.251 e. The second kappa shape index (κ2) is 8.90. The molecule has 0 saturated carbocycles. The molecule has 2 amide bonds. The standard InChI is InChI=1S/C23H24N4O3/c28-21-16-24-27(20-9-5-4-8-19(20)21)15-12-22(29)26-13-10-18(11-14-26)25-23(30)17-6-2-1-3-7-17/h1-9,16,18H,10-15H2,(H,25,30). The highest BCUT2D eigenvalue weighted by Gasteiger charge is 2.24. The first-order chi connectivity index (χ1) is 14.6. The van der Waals surface area contributed by atoms with E-state index in [1.807, 2.05) is 41.3 Å². The third-order valence-electron chi connectivity index (χ3n) is 5.52. The molecule has 7 nitrogen and oxygen atoms in total. The number of hydrogen-bond donors (Lipinski definition) is 1. The van der Waals surface area contributed by atoms with E-state index in [4.69, 9.17) is 0 Å². The van der Waals surface area contributed by atoms with Gasteiger partial charge in [-0.1, -0.05) is 30.3 Å². The monoisotopic (exact) mass is 404 g/mol. The average molecular weight is 404 g/mol. The molecule has 0 aliphatic carbocycles. The van der Waals surface area contributed by atoms with Gasteiger partial charge in [-0.3, -0.25) is 19.1 Å². The van der Waals surface area contributed by atoms with Gasteiger partial charge in [0.15, 0.2) is 0 Å². The highest BCUT2D eigenvalue weighted by Crippen LogP contribution is 2.14. The zero-order chi connectivity index (χ0) is 20.9. The highest BCUT2D eigenvalue weighted by atomic mass is 16.2. The lowest BCUT2D eigenvalue weighted by Crippen LogP contribution is -2.46. The molecule has 0 radical (unpaired) electrons. The number of aryl methyl sites for hydroxylation is 1. The van der Waals surface area contributed by atoms with E-state index < -0.39 is 0 Å². The van der Waals surface area contributed by atoms with Gasteiger partial charge < -0.3 is 10.2 Å². The van der Waals surface area contributed by atoms with Crippen LogP contribution in [0, 0.1) is 0 Å². The van der Waals surface area contributed by atoms with E-state index in [1.165, 1.54) is 6.20 Å². The molecule has 1 fully saturated rings. The highest BCUT2D eigenvalue weighted by molar-refractivity contribution is 5.94. The summed E-state index contributed by atoms with van der Waals surface area (Å²) in [6.45, 7) is 1.66. The SMILES string of the molecule is O=C(NC1CCN(C(=O)CCn2ncc(=O)c3ccccc32)CC1)c1ccccc1. The van der Waals surface area contributed by atoms with Crippen molar-refractivity contribution in [1.29, 1.82) is 0 Å². The van der Waals surface area contributed by atoms with Crippen molar-refractivity contribution in [3.63, 3.8) is 0 Å². The maximum absolute atomic E-state index is 12.7. The summed E-state index contributed by atoms with van der Waals surface area (Å²) in [4.78, 5) is 38.7. The molecule has 30 heavy (non-hydrogen) atoms. The van der Waals surface area contributed by atoms with Crippen LogP contribution in [0.15, 0.2) is 65.6 Å². The fraction of sp³-hybridized carbons (Fsp3) is 0.304. The van der Waals surface area contributed by atoms with Crippen LogP contribution in [0.3, 0.4) is 0 Å². The van der Waals surface area contributed by atoms with Crippen LogP contribution < -0.4 is 10.7 Å². The van der Waals surface area contributed by atoms with Crippen LogP contribution in [-0.2, 0) is 11.3 Å². The van der Waals surface area contributed by atoms with Gasteiger partial charge in [0.2, 0.25) is 11.3 Å². The van der Waals surface area contributed by atoms with E-state index in [2.05, 4.69) is 10.4 Å². The molecule has 154 valence electrons. The van der Waals surface area contributed by atoms with Crippen LogP contribution in [0.5, 0.6) is 0 Å². The van der Waals surface area contributed by atoms with Gasteiger partial charge in [0, 0.05) is 36.5 Å². The third-order valence-corrected chi connectivity index (χ3v) is 5.52. The molecular formula is C23H24N4O3. The van der Waals surface area contributed by atoms with Crippen molar-refractivity contribution < 1.29 is 9.59 Å². The summed E-state index contributed by atoms with van der Waals surface area (Å²) in [6, 6.07) is 16.5.